The topological polar surface area (TPSA) is 129 Å². The number of carboxylic acids is 3. The molecule has 7 heteroatoms. The summed E-state index contributed by atoms with van der Waals surface area (Å²) in [5.74, 6) is -5.39. The maximum Gasteiger partial charge on any atom is 0.337 e. The van der Waals surface area contributed by atoms with Crippen molar-refractivity contribution in [3.05, 3.63) is 34.4 Å². The molecule has 3 N–H and O–H groups in total. The minimum absolute atomic E-state index is 0.445. The molecule has 94 valence electrons. The van der Waals surface area contributed by atoms with E-state index in [1.54, 1.807) is 0 Å². The summed E-state index contributed by atoms with van der Waals surface area (Å²) in [6, 6.07) is 1.56. The summed E-state index contributed by atoms with van der Waals surface area (Å²) in [5, 5.41) is 26.5. The van der Waals surface area contributed by atoms with Gasteiger partial charge in [-0.2, -0.15) is 0 Å². The quantitative estimate of drug-likeness (QED) is 0.681. The highest BCUT2D eigenvalue weighted by Gasteiger charge is 2.25. The van der Waals surface area contributed by atoms with Gasteiger partial charge in [0.2, 0.25) is 0 Å². The van der Waals surface area contributed by atoms with E-state index in [0.717, 1.165) is 13.0 Å². The number of Topliss-reactive ketones (excluding diaryl/α,β-unsaturated/α-hetero) is 1. The summed E-state index contributed by atoms with van der Waals surface area (Å²) in [6.45, 7) is 1.03. The molecule has 0 saturated carbocycles. The number of hydrogen-bond acceptors (Lipinski definition) is 4. The second-order valence-electron chi connectivity index (χ2n) is 3.42. The predicted octanol–water partition coefficient (Wildman–Crippen LogP) is 0.984. The molecule has 7 nitrogen and oxygen atoms in total. The van der Waals surface area contributed by atoms with Crippen LogP contribution < -0.4 is 0 Å². The van der Waals surface area contributed by atoms with Crippen LogP contribution in [0.2, 0.25) is 0 Å². The van der Waals surface area contributed by atoms with Crippen LogP contribution in [0.15, 0.2) is 12.1 Å². The number of ketones is 1. The highest BCUT2D eigenvalue weighted by Crippen LogP contribution is 2.19. The van der Waals surface area contributed by atoms with Gasteiger partial charge in [0, 0.05) is 5.56 Å². The summed E-state index contributed by atoms with van der Waals surface area (Å²) in [7, 11) is 0. The summed E-state index contributed by atoms with van der Waals surface area (Å²) < 4.78 is 0. The first-order valence-electron chi connectivity index (χ1n) is 4.64. The van der Waals surface area contributed by atoms with Gasteiger partial charge in [-0.25, -0.2) is 14.4 Å². The molecule has 0 aromatic heterocycles. The van der Waals surface area contributed by atoms with Crippen molar-refractivity contribution in [2.24, 2.45) is 0 Å². The van der Waals surface area contributed by atoms with E-state index >= 15 is 0 Å². The molecule has 0 fully saturated rings. The molecule has 0 spiro atoms. The zero-order valence-corrected chi connectivity index (χ0v) is 9.13. The highest BCUT2D eigenvalue weighted by atomic mass is 16.4. The van der Waals surface area contributed by atoms with Crippen molar-refractivity contribution in [1.29, 1.82) is 0 Å². The largest absolute Gasteiger partial charge is 0.478 e. The maximum absolute atomic E-state index is 11.3. The molecule has 1 aromatic carbocycles. The first-order valence-corrected chi connectivity index (χ1v) is 4.64. The fraction of sp³-hybridized carbons (Fsp3) is 0.0909. The lowest BCUT2D eigenvalue weighted by Crippen LogP contribution is -2.16. The van der Waals surface area contributed by atoms with Crippen LogP contribution >= 0.6 is 0 Å². The molecular formula is C11H8O7. The van der Waals surface area contributed by atoms with E-state index in [0.29, 0.717) is 6.07 Å². The fourth-order valence-corrected chi connectivity index (χ4v) is 1.44. The van der Waals surface area contributed by atoms with Gasteiger partial charge in [0.25, 0.3) is 0 Å². The average molecular weight is 252 g/mol. The van der Waals surface area contributed by atoms with E-state index in [9.17, 15) is 19.2 Å². The number of carbonyl (C=O) groups excluding carboxylic acids is 1. The SMILES string of the molecule is CC(=O)c1cc(C(=O)O)cc(C(=O)O)c1C(=O)O. The number of benzene rings is 1. The van der Waals surface area contributed by atoms with E-state index in [1.807, 2.05) is 0 Å². The molecule has 0 aliphatic carbocycles. The second kappa shape index (κ2) is 4.66. The molecular weight excluding hydrogens is 244 g/mol. The molecule has 0 unspecified atom stereocenters. The van der Waals surface area contributed by atoms with Crippen molar-refractivity contribution < 1.29 is 34.5 Å². The highest BCUT2D eigenvalue weighted by molar-refractivity contribution is 6.12. The number of rotatable bonds is 4. The molecule has 1 rings (SSSR count). The lowest BCUT2D eigenvalue weighted by molar-refractivity contribution is 0.0647. The predicted molar refractivity (Wildman–Crippen MR) is 57.3 cm³/mol. The van der Waals surface area contributed by atoms with E-state index in [-0.39, 0.29) is 0 Å². The van der Waals surface area contributed by atoms with Gasteiger partial charge in [-0.1, -0.05) is 0 Å². The third kappa shape index (κ3) is 2.34. The van der Waals surface area contributed by atoms with Crippen LogP contribution in [0.4, 0.5) is 0 Å². The first kappa shape index (κ1) is 13.4. The van der Waals surface area contributed by atoms with E-state index < -0.39 is 45.9 Å². The van der Waals surface area contributed by atoms with Crippen LogP contribution in [0.25, 0.3) is 0 Å². The van der Waals surface area contributed by atoms with Gasteiger partial charge >= 0.3 is 17.9 Å². The Hall–Kier alpha value is -2.70. The smallest absolute Gasteiger partial charge is 0.337 e. The summed E-state index contributed by atoms with van der Waals surface area (Å²) >= 11 is 0. The van der Waals surface area contributed by atoms with Crippen molar-refractivity contribution in [2.45, 2.75) is 6.92 Å². The van der Waals surface area contributed by atoms with Gasteiger partial charge in [0.15, 0.2) is 5.78 Å². The Morgan fingerprint density at radius 2 is 1.33 bits per heavy atom. The number of carbonyl (C=O) groups is 4. The standard InChI is InChI=1S/C11H8O7/c1-4(12)6-2-5(9(13)14)3-7(10(15)16)8(6)11(17)18/h2-3H,1H3,(H,13,14)(H,15,16)(H,17,18). The van der Waals surface area contributed by atoms with Crippen LogP contribution in [0.3, 0.4) is 0 Å². The molecule has 0 amide bonds. The Kier molecular flexibility index (Phi) is 3.46. The lowest BCUT2D eigenvalue weighted by Gasteiger charge is -2.08. The van der Waals surface area contributed by atoms with Crippen molar-refractivity contribution in [3.8, 4) is 0 Å². The normalized spacial score (nSPS) is 9.83. The van der Waals surface area contributed by atoms with Crippen molar-refractivity contribution in [2.75, 3.05) is 0 Å². The van der Waals surface area contributed by atoms with E-state index in [2.05, 4.69) is 0 Å². The summed E-state index contributed by atoms with van der Waals surface area (Å²) in [5.41, 5.74) is -2.34. The monoisotopic (exact) mass is 252 g/mol. The van der Waals surface area contributed by atoms with E-state index in [4.69, 9.17) is 15.3 Å². The zero-order chi connectivity index (χ0) is 14.0. The number of hydrogen-bond donors (Lipinski definition) is 3. The Balaban J connectivity index is 3.76. The molecule has 0 atom stereocenters. The van der Waals surface area contributed by atoms with Crippen molar-refractivity contribution in [3.63, 3.8) is 0 Å². The Morgan fingerprint density at radius 1 is 0.833 bits per heavy atom. The van der Waals surface area contributed by atoms with Gasteiger partial charge in [0.1, 0.15) is 0 Å². The van der Waals surface area contributed by atoms with Crippen LogP contribution in [0.1, 0.15) is 48.4 Å². The molecule has 0 saturated heterocycles. The molecule has 0 radical (unpaired) electrons. The minimum Gasteiger partial charge on any atom is -0.478 e. The van der Waals surface area contributed by atoms with Gasteiger partial charge < -0.3 is 15.3 Å². The van der Waals surface area contributed by atoms with Gasteiger partial charge in [-0.3, -0.25) is 4.79 Å². The number of aromatic carboxylic acids is 3. The van der Waals surface area contributed by atoms with Gasteiger partial charge in [-0.05, 0) is 19.1 Å². The molecule has 0 heterocycles. The Bertz CT molecular complexity index is 536. The third-order valence-corrected chi connectivity index (χ3v) is 2.21. The van der Waals surface area contributed by atoms with E-state index in [1.165, 1.54) is 0 Å². The minimum atomic E-state index is -1.61. The number of carboxylic acid groups (broad SMARTS) is 3. The third-order valence-electron chi connectivity index (χ3n) is 2.21. The Morgan fingerprint density at radius 3 is 1.67 bits per heavy atom. The first-order chi connectivity index (χ1) is 8.25. The molecule has 0 bridgehead atoms. The molecule has 0 aliphatic rings. The second-order valence-corrected chi connectivity index (χ2v) is 3.42. The van der Waals surface area contributed by atoms with Gasteiger partial charge in [-0.15, -0.1) is 0 Å². The summed E-state index contributed by atoms with van der Waals surface area (Å²) in [6.07, 6.45) is 0. The van der Waals surface area contributed by atoms with Crippen LogP contribution in [0, 0.1) is 0 Å². The molecule has 0 aliphatic heterocycles. The maximum atomic E-state index is 11.3. The van der Waals surface area contributed by atoms with Crippen molar-refractivity contribution in [1.82, 2.24) is 0 Å². The zero-order valence-electron chi connectivity index (χ0n) is 9.13. The van der Waals surface area contributed by atoms with Crippen LogP contribution in [0.5, 0.6) is 0 Å². The molecule has 18 heavy (non-hydrogen) atoms. The van der Waals surface area contributed by atoms with Gasteiger partial charge in [0.05, 0.1) is 16.7 Å². The summed E-state index contributed by atoms with van der Waals surface area (Å²) in [4.78, 5) is 43.9. The molecule has 1 aromatic rings. The average Bonchev–Trinajstić information content (AvgIpc) is 2.26. The van der Waals surface area contributed by atoms with Crippen LogP contribution in [-0.4, -0.2) is 39.0 Å². The van der Waals surface area contributed by atoms with Crippen LogP contribution in [-0.2, 0) is 0 Å². The van der Waals surface area contributed by atoms with Crippen molar-refractivity contribution >= 4 is 23.7 Å². The Labute approximate surface area is 100 Å². The fourth-order valence-electron chi connectivity index (χ4n) is 1.44. The lowest BCUT2D eigenvalue weighted by atomic mass is 9.95.